The lowest BCUT2D eigenvalue weighted by atomic mass is 10.1. The lowest BCUT2D eigenvalue weighted by Crippen LogP contribution is -2.51. The number of nitrogens with zero attached hydrogens (tertiary/aromatic N) is 2. The van der Waals surface area contributed by atoms with Crippen molar-refractivity contribution in [1.82, 2.24) is 9.80 Å². The molecular weight excluding hydrogens is 324 g/mol. The second kappa shape index (κ2) is 7.55. The summed E-state index contributed by atoms with van der Waals surface area (Å²) in [6.07, 6.45) is 1.87. The van der Waals surface area contributed by atoms with Crippen molar-refractivity contribution in [3.63, 3.8) is 0 Å². The van der Waals surface area contributed by atoms with Crippen molar-refractivity contribution in [3.05, 3.63) is 35.9 Å². The summed E-state index contributed by atoms with van der Waals surface area (Å²) in [5.41, 5.74) is 0.878. The molecule has 2 saturated heterocycles. The van der Waals surface area contributed by atoms with Gasteiger partial charge in [0.05, 0.1) is 0 Å². The summed E-state index contributed by atoms with van der Waals surface area (Å²) < 4.78 is 5.33. The summed E-state index contributed by atoms with van der Waals surface area (Å²) in [6, 6.07) is 7.94. The standard InChI is InChI=1S/C18H22N2O5/c21-16(19-10-5-9-15(19)17(22)23)14-8-4-11-20(14)18(24)25-12-13-6-2-1-3-7-13/h1-3,6-7,14-15H,4-5,8-12H2,(H,22,23)/t14-,15?/m0/s1. The van der Waals surface area contributed by atoms with Crippen LogP contribution >= 0.6 is 0 Å². The van der Waals surface area contributed by atoms with Crippen molar-refractivity contribution < 1.29 is 24.2 Å². The van der Waals surface area contributed by atoms with Crippen LogP contribution in [0.4, 0.5) is 4.79 Å². The number of hydrogen-bond acceptors (Lipinski definition) is 4. The smallest absolute Gasteiger partial charge is 0.410 e. The molecule has 2 amide bonds. The van der Waals surface area contributed by atoms with E-state index in [1.807, 2.05) is 30.3 Å². The van der Waals surface area contributed by atoms with E-state index < -0.39 is 24.1 Å². The van der Waals surface area contributed by atoms with Crippen LogP contribution in [-0.2, 0) is 20.9 Å². The molecule has 0 aliphatic carbocycles. The van der Waals surface area contributed by atoms with E-state index in [-0.39, 0.29) is 12.5 Å². The molecule has 2 heterocycles. The molecule has 3 rings (SSSR count). The molecule has 2 aliphatic rings. The van der Waals surface area contributed by atoms with Crippen LogP contribution in [0.2, 0.25) is 0 Å². The van der Waals surface area contributed by atoms with Crippen LogP contribution in [0.25, 0.3) is 0 Å². The zero-order valence-electron chi connectivity index (χ0n) is 14.0. The molecule has 0 aromatic heterocycles. The Labute approximate surface area is 146 Å². The minimum atomic E-state index is -0.984. The predicted octanol–water partition coefficient (Wildman–Crippen LogP) is 1.86. The van der Waals surface area contributed by atoms with Crippen molar-refractivity contribution in [2.45, 2.75) is 44.4 Å². The minimum absolute atomic E-state index is 0.151. The first-order chi connectivity index (χ1) is 12.1. The van der Waals surface area contributed by atoms with Crippen molar-refractivity contribution in [2.24, 2.45) is 0 Å². The number of carbonyl (C=O) groups excluding carboxylic acids is 2. The third-order valence-electron chi connectivity index (χ3n) is 4.80. The Bertz CT molecular complexity index is 648. The van der Waals surface area contributed by atoms with Crippen molar-refractivity contribution >= 4 is 18.0 Å². The van der Waals surface area contributed by atoms with Gasteiger partial charge in [-0.2, -0.15) is 0 Å². The number of rotatable bonds is 4. The molecular formula is C18H22N2O5. The number of carboxylic acid groups (broad SMARTS) is 1. The summed E-state index contributed by atoms with van der Waals surface area (Å²) in [5, 5.41) is 9.26. The Hall–Kier alpha value is -2.57. The number of carbonyl (C=O) groups is 3. The van der Waals surface area contributed by atoms with E-state index >= 15 is 0 Å². The molecule has 0 spiro atoms. The molecule has 1 aromatic rings. The number of carboxylic acids is 1. The Balaban J connectivity index is 1.62. The summed E-state index contributed by atoms with van der Waals surface area (Å²) in [7, 11) is 0. The third kappa shape index (κ3) is 3.75. The van der Waals surface area contributed by atoms with Crippen LogP contribution in [0.1, 0.15) is 31.2 Å². The van der Waals surface area contributed by atoms with Gasteiger partial charge in [-0.15, -0.1) is 0 Å². The van der Waals surface area contributed by atoms with Gasteiger partial charge in [-0.3, -0.25) is 9.69 Å². The van der Waals surface area contributed by atoms with E-state index in [4.69, 9.17) is 4.74 Å². The highest BCUT2D eigenvalue weighted by Gasteiger charge is 2.42. The first kappa shape index (κ1) is 17.3. The van der Waals surface area contributed by atoms with Gasteiger partial charge in [0.25, 0.3) is 0 Å². The maximum atomic E-state index is 12.8. The Kier molecular flexibility index (Phi) is 5.21. The molecule has 2 fully saturated rings. The van der Waals surface area contributed by atoms with E-state index in [1.165, 1.54) is 9.80 Å². The molecule has 0 radical (unpaired) electrons. The summed E-state index contributed by atoms with van der Waals surface area (Å²) in [6.45, 7) is 1.04. The maximum Gasteiger partial charge on any atom is 0.410 e. The average molecular weight is 346 g/mol. The van der Waals surface area contributed by atoms with E-state index in [9.17, 15) is 19.5 Å². The van der Waals surface area contributed by atoms with Crippen molar-refractivity contribution in [2.75, 3.05) is 13.1 Å². The number of amides is 2. The van der Waals surface area contributed by atoms with Crippen LogP contribution in [0, 0.1) is 0 Å². The van der Waals surface area contributed by atoms with Gasteiger partial charge in [0, 0.05) is 13.1 Å². The van der Waals surface area contributed by atoms with E-state index in [1.54, 1.807) is 0 Å². The number of ether oxygens (including phenoxy) is 1. The van der Waals surface area contributed by atoms with Crippen molar-refractivity contribution in [1.29, 1.82) is 0 Å². The highest BCUT2D eigenvalue weighted by atomic mass is 16.6. The van der Waals surface area contributed by atoms with Crippen LogP contribution < -0.4 is 0 Å². The Morgan fingerprint density at radius 3 is 2.32 bits per heavy atom. The quantitative estimate of drug-likeness (QED) is 0.899. The normalized spacial score (nSPS) is 22.9. The van der Waals surface area contributed by atoms with Gasteiger partial charge >= 0.3 is 12.1 Å². The van der Waals surface area contributed by atoms with E-state index in [0.29, 0.717) is 38.8 Å². The molecule has 1 N–H and O–H groups in total. The minimum Gasteiger partial charge on any atom is -0.480 e. The fourth-order valence-electron chi connectivity index (χ4n) is 3.52. The Morgan fingerprint density at radius 2 is 1.64 bits per heavy atom. The maximum absolute atomic E-state index is 12.8. The van der Waals surface area contributed by atoms with Crippen LogP contribution in [0.3, 0.4) is 0 Å². The number of hydrogen-bond donors (Lipinski definition) is 1. The third-order valence-corrected chi connectivity index (χ3v) is 4.80. The topological polar surface area (TPSA) is 87.2 Å². The fraction of sp³-hybridized carbons (Fsp3) is 0.500. The zero-order valence-corrected chi connectivity index (χ0v) is 14.0. The number of likely N-dealkylation sites (tertiary alicyclic amines) is 2. The zero-order chi connectivity index (χ0) is 17.8. The van der Waals surface area contributed by atoms with Crippen LogP contribution in [-0.4, -0.2) is 58.0 Å². The van der Waals surface area contributed by atoms with Gasteiger partial charge in [-0.25, -0.2) is 9.59 Å². The largest absolute Gasteiger partial charge is 0.480 e. The van der Waals surface area contributed by atoms with Gasteiger partial charge in [0.2, 0.25) is 5.91 Å². The molecule has 1 aromatic carbocycles. The lowest BCUT2D eigenvalue weighted by Gasteiger charge is -2.29. The number of benzene rings is 1. The summed E-state index contributed by atoms with van der Waals surface area (Å²) in [5.74, 6) is -1.26. The number of aliphatic carboxylic acids is 1. The van der Waals surface area contributed by atoms with Gasteiger partial charge in [-0.1, -0.05) is 30.3 Å². The highest BCUT2D eigenvalue weighted by molar-refractivity contribution is 5.90. The highest BCUT2D eigenvalue weighted by Crippen LogP contribution is 2.25. The molecule has 0 bridgehead atoms. The monoisotopic (exact) mass is 346 g/mol. The van der Waals surface area contributed by atoms with Crippen molar-refractivity contribution in [3.8, 4) is 0 Å². The summed E-state index contributed by atoms with van der Waals surface area (Å²) in [4.78, 5) is 39.3. The lowest BCUT2D eigenvalue weighted by molar-refractivity contribution is -0.149. The molecule has 0 saturated carbocycles. The molecule has 2 atom stereocenters. The Morgan fingerprint density at radius 1 is 1.00 bits per heavy atom. The van der Waals surface area contributed by atoms with Gasteiger partial charge in [0.1, 0.15) is 18.7 Å². The van der Waals surface area contributed by atoms with Crippen LogP contribution in [0.15, 0.2) is 30.3 Å². The van der Waals surface area contributed by atoms with E-state index in [0.717, 1.165) is 5.56 Å². The second-order valence-corrected chi connectivity index (χ2v) is 6.42. The summed E-state index contributed by atoms with van der Waals surface area (Å²) >= 11 is 0. The molecule has 7 nitrogen and oxygen atoms in total. The molecule has 25 heavy (non-hydrogen) atoms. The van der Waals surface area contributed by atoms with Gasteiger partial charge in [0.15, 0.2) is 0 Å². The van der Waals surface area contributed by atoms with Crippen LogP contribution in [0.5, 0.6) is 0 Å². The molecule has 134 valence electrons. The predicted molar refractivity (Wildman–Crippen MR) is 88.7 cm³/mol. The molecule has 1 unspecified atom stereocenters. The fourth-order valence-corrected chi connectivity index (χ4v) is 3.52. The van der Waals surface area contributed by atoms with Gasteiger partial charge < -0.3 is 14.7 Å². The first-order valence-electron chi connectivity index (χ1n) is 8.58. The molecule has 2 aliphatic heterocycles. The SMILES string of the molecule is O=C(O)C1CCCN1C(=O)[C@@H]1CCCN1C(=O)OCc1ccccc1. The van der Waals surface area contributed by atoms with Gasteiger partial charge in [-0.05, 0) is 31.2 Å². The van der Waals surface area contributed by atoms with E-state index in [2.05, 4.69) is 0 Å². The average Bonchev–Trinajstić information content (AvgIpc) is 3.29. The first-order valence-corrected chi connectivity index (χ1v) is 8.58. The molecule has 7 heteroatoms. The second-order valence-electron chi connectivity index (χ2n) is 6.42.